The molecule has 0 amide bonds. The average molecular weight is 121 g/mol. The maximum atomic E-state index is 8.63. The minimum absolute atomic E-state index is 0.0850. The van der Waals surface area contributed by atoms with Crippen molar-refractivity contribution in [3.05, 3.63) is 35.4 Å². The second kappa shape index (κ2) is 2.65. The monoisotopic (exact) mass is 121 g/mol. The molecule has 0 aromatic heterocycles. The topological polar surface area (TPSA) is 20.2 Å². The Balaban J connectivity index is 2.94. The van der Waals surface area contributed by atoms with E-state index in [0.29, 0.717) is 0 Å². The van der Waals surface area contributed by atoms with Crippen LogP contribution in [0.15, 0.2) is 18.2 Å². The summed E-state index contributed by atoms with van der Waals surface area (Å²) in [6.07, 6.45) is 0. The summed E-state index contributed by atoms with van der Waals surface area (Å²) in [5.41, 5.74) is 2.02. The third-order valence-corrected chi connectivity index (χ3v) is 1.19. The number of rotatable bonds is 1. The van der Waals surface area contributed by atoms with E-state index in [-0.39, 0.29) is 6.61 Å². The lowest BCUT2D eigenvalue weighted by Gasteiger charge is -1.94. The van der Waals surface area contributed by atoms with E-state index in [2.05, 4.69) is 6.07 Å². The number of hydrogen-bond donors (Lipinski definition) is 1. The van der Waals surface area contributed by atoms with Crippen molar-refractivity contribution >= 4 is 0 Å². The summed E-state index contributed by atoms with van der Waals surface area (Å²) >= 11 is 0. The van der Waals surface area contributed by atoms with Crippen molar-refractivity contribution in [1.82, 2.24) is 0 Å². The molecule has 1 N–H and O–H groups in total. The molecule has 0 saturated carbocycles. The molecule has 47 valence electrons. The van der Waals surface area contributed by atoms with Crippen LogP contribution in [-0.2, 0) is 6.61 Å². The van der Waals surface area contributed by atoms with Crippen molar-refractivity contribution in [1.29, 1.82) is 0 Å². The Morgan fingerprint density at radius 3 is 2.89 bits per heavy atom. The first-order valence-corrected chi connectivity index (χ1v) is 2.91. The van der Waals surface area contributed by atoms with Gasteiger partial charge >= 0.3 is 0 Å². The van der Waals surface area contributed by atoms with Gasteiger partial charge in [-0.05, 0) is 18.6 Å². The average Bonchev–Trinajstić information content (AvgIpc) is 1.88. The van der Waals surface area contributed by atoms with Crippen LogP contribution in [0.5, 0.6) is 0 Å². The molecule has 1 aromatic carbocycles. The van der Waals surface area contributed by atoms with Crippen molar-refractivity contribution < 1.29 is 5.11 Å². The molecule has 0 atom stereocenters. The van der Waals surface area contributed by atoms with Crippen LogP contribution in [0.25, 0.3) is 0 Å². The van der Waals surface area contributed by atoms with E-state index in [4.69, 9.17) is 5.11 Å². The SMILES string of the molecule is Cc1cc[c]c(CO)c1. The van der Waals surface area contributed by atoms with Gasteiger partial charge in [-0.15, -0.1) is 0 Å². The maximum Gasteiger partial charge on any atom is 0.0687 e. The molecule has 1 rings (SSSR count). The van der Waals surface area contributed by atoms with Crippen LogP contribution in [0.1, 0.15) is 11.1 Å². The Hall–Kier alpha value is -0.820. The van der Waals surface area contributed by atoms with E-state index in [1.165, 1.54) is 0 Å². The summed E-state index contributed by atoms with van der Waals surface area (Å²) in [6.45, 7) is 2.08. The van der Waals surface area contributed by atoms with Crippen LogP contribution in [0, 0.1) is 13.0 Å². The van der Waals surface area contributed by atoms with Gasteiger partial charge in [0.2, 0.25) is 0 Å². The van der Waals surface area contributed by atoms with Crippen LogP contribution in [-0.4, -0.2) is 5.11 Å². The molecule has 9 heavy (non-hydrogen) atoms. The molecule has 0 heterocycles. The van der Waals surface area contributed by atoms with Gasteiger partial charge in [-0.25, -0.2) is 0 Å². The molecular weight excluding hydrogens is 112 g/mol. The second-order valence-corrected chi connectivity index (χ2v) is 2.05. The predicted octanol–water partition coefficient (Wildman–Crippen LogP) is 1.29. The Morgan fingerprint density at radius 2 is 2.44 bits per heavy atom. The van der Waals surface area contributed by atoms with E-state index in [0.717, 1.165) is 11.1 Å². The molecule has 0 aliphatic heterocycles. The fourth-order valence-electron chi connectivity index (χ4n) is 0.736. The normalized spacial score (nSPS) is 9.56. The van der Waals surface area contributed by atoms with Crippen LogP contribution in [0.2, 0.25) is 0 Å². The van der Waals surface area contributed by atoms with E-state index < -0.39 is 0 Å². The smallest absolute Gasteiger partial charge is 0.0687 e. The van der Waals surface area contributed by atoms with Gasteiger partial charge in [0, 0.05) is 0 Å². The third-order valence-electron chi connectivity index (χ3n) is 1.19. The van der Waals surface area contributed by atoms with E-state index in [1.807, 2.05) is 25.1 Å². The zero-order valence-electron chi connectivity index (χ0n) is 5.39. The van der Waals surface area contributed by atoms with E-state index >= 15 is 0 Å². The molecule has 0 spiro atoms. The van der Waals surface area contributed by atoms with Crippen molar-refractivity contribution in [2.45, 2.75) is 13.5 Å². The highest BCUT2D eigenvalue weighted by molar-refractivity contribution is 5.19. The molecule has 1 nitrogen and oxygen atoms in total. The lowest BCUT2D eigenvalue weighted by Crippen LogP contribution is -1.82. The lowest BCUT2D eigenvalue weighted by atomic mass is 10.1. The molecule has 0 bridgehead atoms. The quantitative estimate of drug-likeness (QED) is 0.593. The minimum Gasteiger partial charge on any atom is -0.392 e. The maximum absolute atomic E-state index is 8.63. The Bertz CT molecular complexity index is 194. The summed E-state index contributed by atoms with van der Waals surface area (Å²) in [4.78, 5) is 0. The first-order chi connectivity index (χ1) is 4.33. The Morgan fingerprint density at radius 1 is 1.67 bits per heavy atom. The zero-order valence-corrected chi connectivity index (χ0v) is 5.39. The molecule has 0 saturated heterocycles. The van der Waals surface area contributed by atoms with Gasteiger partial charge in [0.1, 0.15) is 0 Å². The molecule has 0 aliphatic carbocycles. The van der Waals surface area contributed by atoms with Gasteiger partial charge in [0.05, 0.1) is 6.61 Å². The van der Waals surface area contributed by atoms with Crippen LogP contribution in [0.4, 0.5) is 0 Å². The van der Waals surface area contributed by atoms with Crippen molar-refractivity contribution in [3.63, 3.8) is 0 Å². The fourth-order valence-corrected chi connectivity index (χ4v) is 0.736. The Kier molecular flexibility index (Phi) is 1.85. The highest BCUT2D eigenvalue weighted by Crippen LogP contribution is 2.01. The number of aliphatic hydroxyl groups is 1. The summed E-state index contributed by atoms with van der Waals surface area (Å²) in [7, 11) is 0. The van der Waals surface area contributed by atoms with Gasteiger partial charge in [-0.3, -0.25) is 0 Å². The minimum atomic E-state index is 0.0850. The summed E-state index contributed by atoms with van der Waals surface area (Å²) < 4.78 is 0. The summed E-state index contributed by atoms with van der Waals surface area (Å²) in [6, 6.07) is 8.60. The van der Waals surface area contributed by atoms with Gasteiger partial charge < -0.3 is 5.11 Å². The first-order valence-electron chi connectivity index (χ1n) is 2.91. The van der Waals surface area contributed by atoms with E-state index in [9.17, 15) is 0 Å². The number of benzene rings is 1. The first kappa shape index (κ1) is 6.30. The van der Waals surface area contributed by atoms with Crippen LogP contribution in [0.3, 0.4) is 0 Å². The molecule has 0 unspecified atom stereocenters. The van der Waals surface area contributed by atoms with Gasteiger partial charge in [0.25, 0.3) is 0 Å². The molecule has 1 radical (unpaired) electrons. The Labute approximate surface area is 55.0 Å². The van der Waals surface area contributed by atoms with Crippen LogP contribution >= 0.6 is 0 Å². The van der Waals surface area contributed by atoms with Gasteiger partial charge in [-0.1, -0.05) is 23.8 Å². The van der Waals surface area contributed by atoms with Crippen molar-refractivity contribution in [2.75, 3.05) is 0 Å². The van der Waals surface area contributed by atoms with Crippen molar-refractivity contribution in [2.24, 2.45) is 0 Å². The standard InChI is InChI=1S/C8H9O/c1-7-3-2-4-8(5-7)6-9/h2-3,5,9H,6H2,1H3. The van der Waals surface area contributed by atoms with Crippen molar-refractivity contribution in [3.8, 4) is 0 Å². The molecule has 1 heteroatoms. The predicted molar refractivity (Wildman–Crippen MR) is 35.9 cm³/mol. The number of hydrogen-bond acceptors (Lipinski definition) is 1. The highest BCUT2D eigenvalue weighted by atomic mass is 16.3. The van der Waals surface area contributed by atoms with Gasteiger partial charge in [0.15, 0.2) is 0 Å². The molecular formula is C8H9O. The third kappa shape index (κ3) is 1.54. The molecule has 0 fully saturated rings. The van der Waals surface area contributed by atoms with E-state index in [1.54, 1.807) is 0 Å². The largest absolute Gasteiger partial charge is 0.392 e. The number of aryl methyl sites for hydroxylation is 1. The fraction of sp³-hybridized carbons (Fsp3) is 0.250. The molecule has 1 aromatic rings. The van der Waals surface area contributed by atoms with Crippen LogP contribution < -0.4 is 0 Å². The lowest BCUT2D eigenvalue weighted by molar-refractivity contribution is 0.281. The highest BCUT2D eigenvalue weighted by Gasteiger charge is 1.87. The second-order valence-electron chi connectivity index (χ2n) is 2.05. The molecule has 0 aliphatic rings. The summed E-state index contributed by atoms with van der Waals surface area (Å²) in [5, 5.41) is 8.63. The number of aliphatic hydroxyl groups excluding tert-OH is 1. The summed E-state index contributed by atoms with van der Waals surface area (Å²) in [5.74, 6) is 0. The van der Waals surface area contributed by atoms with Gasteiger partial charge in [-0.2, -0.15) is 0 Å². The zero-order chi connectivity index (χ0) is 6.69.